The van der Waals surface area contributed by atoms with Crippen molar-refractivity contribution in [2.75, 3.05) is 6.61 Å². The Labute approximate surface area is 122 Å². The number of aromatic hydroxyl groups is 1. The van der Waals surface area contributed by atoms with Crippen LogP contribution in [0.15, 0.2) is 59.5 Å². The number of rotatable bonds is 5. The largest absolute Gasteiger partial charge is 0.508 e. The monoisotopic (exact) mass is 288 g/mol. The molecule has 0 radical (unpaired) electrons. The van der Waals surface area contributed by atoms with E-state index in [2.05, 4.69) is 0 Å². The number of phenolic OH excluding ortho intramolecular Hbond substituents is 1. The fourth-order valence-electron chi connectivity index (χ4n) is 1.76. The van der Waals surface area contributed by atoms with Crippen LogP contribution in [-0.4, -0.2) is 17.7 Å². The van der Waals surface area contributed by atoms with Gasteiger partial charge in [0.15, 0.2) is 0 Å². The molecule has 1 N–H and O–H groups in total. The Bertz CT molecular complexity index is 552. The number of hydrogen-bond acceptors (Lipinski definition) is 4. The number of carbonyl (C=O) groups is 1. The highest BCUT2D eigenvalue weighted by Crippen LogP contribution is 2.36. The van der Waals surface area contributed by atoms with Gasteiger partial charge in [0, 0.05) is 4.90 Å². The van der Waals surface area contributed by atoms with Crippen LogP contribution in [0.1, 0.15) is 17.7 Å². The lowest BCUT2D eigenvalue weighted by Gasteiger charge is -2.15. The number of thioether (sulfide) groups is 1. The summed E-state index contributed by atoms with van der Waals surface area (Å²) in [6.07, 6.45) is 0. The number of phenols is 1. The Morgan fingerprint density at radius 2 is 1.80 bits per heavy atom. The van der Waals surface area contributed by atoms with E-state index in [9.17, 15) is 9.90 Å². The quantitative estimate of drug-likeness (QED) is 0.671. The van der Waals surface area contributed by atoms with E-state index in [1.807, 2.05) is 30.3 Å². The second-order valence-corrected chi connectivity index (χ2v) is 5.33. The van der Waals surface area contributed by atoms with E-state index in [1.54, 1.807) is 31.2 Å². The molecule has 0 aliphatic rings. The van der Waals surface area contributed by atoms with E-state index in [4.69, 9.17) is 4.74 Å². The predicted molar refractivity (Wildman–Crippen MR) is 79.8 cm³/mol. The molecule has 0 fully saturated rings. The molecule has 104 valence electrons. The van der Waals surface area contributed by atoms with Crippen molar-refractivity contribution in [1.82, 2.24) is 0 Å². The van der Waals surface area contributed by atoms with Gasteiger partial charge in [-0.3, -0.25) is 4.79 Å². The molecular formula is C16H16O3S. The van der Waals surface area contributed by atoms with Gasteiger partial charge in [-0.1, -0.05) is 30.3 Å². The van der Waals surface area contributed by atoms with Gasteiger partial charge in [-0.05, 0) is 36.8 Å². The van der Waals surface area contributed by atoms with Gasteiger partial charge in [0.2, 0.25) is 0 Å². The van der Waals surface area contributed by atoms with Crippen LogP contribution < -0.4 is 0 Å². The maximum Gasteiger partial charge on any atom is 0.323 e. The number of carbonyl (C=O) groups excluding carboxylic acids is 1. The van der Waals surface area contributed by atoms with Gasteiger partial charge in [-0.25, -0.2) is 0 Å². The third kappa shape index (κ3) is 3.78. The van der Waals surface area contributed by atoms with E-state index in [-0.39, 0.29) is 11.7 Å². The van der Waals surface area contributed by atoms with Crippen molar-refractivity contribution in [1.29, 1.82) is 0 Å². The van der Waals surface area contributed by atoms with E-state index >= 15 is 0 Å². The van der Waals surface area contributed by atoms with Gasteiger partial charge < -0.3 is 9.84 Å². The first-order valence-corrected chi connectivity index (χ1v) is 7.26. The van der Waals surface area contributed by atoms with Crippen LogP contribution in [0.4, 0.5) is 0 Å². The molecule has 0 saturated heterocycles. The summed E-state index contributed by atoms with van der Waals surface area (Å²) in [4.78, 5) is 13.0. The van der Waals surface area contributed by atoms with E-state index < -0.39 is 5.25 Å². The van der Waals surface area contributed by atoms with Crippen molar-refractivity contribution in [3.63, 3.8) is 0 Å². The SMILES string of the molecule is CCOC(=O)[C@H](Sc1ccc(O)cc1)c1ccccc1. The molecule has 0 amide bonds. The first-order chi connectivity index (χ1) is 9.70. The van der Waals surface area contributed by atoms with Crippen LogP contribution in [0, 0.1) is 0 Å². The summed E-state index contributed by atoms with van der Waals surface area (Å²) in [6, 6.07) is 16.3. The minimum Gasteiger partial charge on any atom is -0.508 e. The average molecular weight is 288 g/mol. The van der Waals surface area contributed by atoms with Crippen LogP contribution in [0.5, 0.6) is 5.75 Å². The standard InChI is InChI=1S/C16H16O3S/c1-2-19-16(18)15(12-6-4-3-5-7-12)20-14-10-8-13(17)9-11-14/h3-11,15,17H,2H2,1H3/t15-/m1/s1. The highest BCUT2D eigenvalue weighted by Gasteiger charge is 2.23. The molecule has 0 aromatic heterocycles. The Morgan fingerprint density at radius 3 is 2.40 bits per heavy atom. The summed E-state index contributed by atoms with van der Waals surface area (Å²) in [5.41, 5.74) is 0.907. The molecule has 0 bridgehead atoms. The third-order valence-electron chi connectivity index (χ3n) is 2.69. The van der Waals surface area contributed by atoms with E-state index in [0.717, 1.165) is 10.5 Å². The normalized spacial score (nSPS) is 11.8. The summed E-state index contributed by atoms with van der Waals surface area (Å²) >= 11 is 1.41. The maximum atomic E-state index is 12.1. The molecule has 4 heteroatoms. The van der Waals surface area contributed by atoms with Gasteiger partial charge in [-0.2, -0.15) is 0 Å². The maximum absolute atomic E-state index is 12.1. The summed E-state index contributed by atoms with van der Waals surface area (Å²) in [5, 5.41) is 8.90. The zero-order valence-electron chi connectivity index (χ0n) is 11.2. The van der Waals surface area contributed by atoms with Crippen molar-refractivity contribution in [2.24, 2.45) is 0 Å². The number of esters is 1. The Morgan fingerprint density at radius 1 is 1.15 bits per heavy atom. The highest BCUT2D eigenvalue weighted by atomic mass is 32.2. The fourth-order valence-corrected chi connectivity index (χ4v) is 2.78. The molecule has 3 nitrogen and oxygen atoms in total. The molecule has 2 rings (SSSR count). The summed E-state index contributed by atoms with van der Waals surface area (Å²) in [5.74, 6) is -0.0430. The summed E-state index contributed by atoms with van der Waals surface area (Å²) in [6.45, 7) is 2.16. The molecule has 0 aliphatic heterocycles. The minimum atomic E-state index is -0.402. The number of hydrogen-bond donors (Lipinski definition) is 1. The van der Waals surface area contributed by atoms with Crippen molar-refractivity contribution in [3.8, 4) is 5.75 Å². The zero-order valence-corrected chi connectivity index (χ0v) is 12.0. The lowest BCUT2D eigenvalue weighted by atomic mass is 10.1. The molecule has 2 aromatic carbocycles. The summed E-state index contributed by atoms with van der Waals surface area (Å²) in [7, 11) is 0. The molecule has 2 aromatic rings. The van der Waals surface area contributed by atoms with Gasteiger partial charge in [-0.15, -0.1) is 11.8 Å². The van der Waals surface area contributed by atoms with E-state index in [1.165, 1.54) is 11.8 Å². The van der Waals surface area contributed by atoms with Crippen LogP contribution in [-0.2, 0) is 9.53 Å². The van der Waals surface area contributed by atoms with Gasteiger partial charge in [0.25, 0.3) is 0 Å². The van der Waals surface area contributed by atoms with Crippen molar-refractivity contribution in [3.05, 3.63) is 60.2 Å². The highest BCUT2D eigenvalue weighted by molar-refractivity contribution is 8.00. The Hall–Kier alpha value is -1.94. The molecule has 0 spiro atoms. The van der Waals surface area contributed by atoms with Crippen LogP contribution in [0.3, 0.4) is 0 Å². The first-order valence-electron chi connectivity index (χ1n) is 6.38. The molecule has 20 heavy (non-hydrogen) atoms. The molecule has 1 atom stereocenters. The smallest absolute Gasteiger partial charge is 0.323 e. The van der Waals surface area contributed by atoms with Crippen LogP contribution in [0.25, 0.3) is 0 Å². The van der Waals surface area contributed by atoms with Crippen molar-refractivity contribution < 1.29 is 14.6 Å². The number of benzene rings is 2. The topological polar surface area (TPSA) is 46.5 Å². The molecule has 0 heterocycles. The lowest BCUT2D eigenvalue weighted by Crippen LogP contribution is -2.13. The second kappa shape index (κ2) is 7.01. The first kappa shape index (κ1) is 14.5. The zero-order chi connectivity index (χ0) is 14.4. The molecule has 0 unspecified atom stereocenters. The molecule has 0 saturated carbocycles. The third-order valence-corrected chi connectivity index (χ3v) is 3.94. The van der Waals surface area contributed by atoms with Crippen LogP contribution in [0.2, 0.25) is 0 Å². The van der Waals surface area contributed by atoms with E-state index in [0.29, 0.717) is 6.61 Å². The predicted octanol–water partition coefficient (Wildman–Crippen LogP) is 3.79. The van der Waals surface area contributed by atoms with Crippen molar-refractivity contribution >= 4 is 17.7 Å². The van der Waals surface area contributed by atoms with Crippen molar-refractivity contribution in [2.45, 2.75) is 17.1 Å². The average Bonchev–Trinajstić information content (AvgIpc) is 2.48. The Balaban J connectivity index is 2.23. The minimum absolute atomic E-state index is 0.210. The Kier molecular flexibility index (Phi) is 5.07. The molecular weight excluding hydrogens is 272 g/mol. The summed E-state index contributed by atoms with van der Waals surface area (Å²) < 4.78 is 5.15. The van der Waals surface area contributed by atoms with Gasteiger partial charge in [0.05, 0.1) is 6.61 Å². The molecule has 0 aliphatic carbocycles. The number of ether oxygens (including phenoxy) is 1. The lowest BCUT2D eigenvalue weighted by molar-refractivity contribution is -0.142. The fraction of sp³-hybridized carbons (Fsp3) is 0.188. The van der Waals surface area contributed by atoms with Gasteiger partial charge >= 0.3 is 5.97 Å². The van der Waals surface area contributed by atoms with Gasteiger partial charge in [0.1, 0.15) is 11.0 Å². The second-order valence-electron chi connectivity index (χ2n) is 4.15. The van der Waals surface area contributed by atoms with Crippen LogP contribution >= 0.6 is 11.8 Å².